The van der Waals surface area contributed by atoms with Crippen LogP contribution in [0.15, 0.2) is 18.2 Å². The molecule has 0 heterocycles. The lowest BCUT2D eigenvalue weighted by Gasteiger charge is -2.24. The normalized spacial score (nSPS) is 14.9. The predicted molar refractivity (Wildman–Crippen MR) is 69.3 cm³/mol. The number of ether oxygens (including phenoxy) is 2. The van der Waals surface area contributed by atoms with E-state index in [1.165, 1.54) is 25.7 Å². The lowest BCUT2D eigenvalue weighted by Crippen LogP contribution is -2.13. The number of nitriles is 1. The highest BCUT2D eigenvalue weighted by atomic mass is 16.5. The molecule has 96 valence electrons. The molecule has 3 nitrogen and oxygen atoms in total. The van der Waals surface area contributed by atoms with Crippen LogP contribution in [-0.4, -0.2) is 13.7 Å². The molecule has 0 spiro atoms. The van der Waals surface area contributed by atoms with E-state index in [1.54, 1.807) is 13.2 Å². The summed E-state index contributed by atoms with van der Waals surface area (Å²) < 4.78 is 10.8. The van der Waals surface area contributed by atoms with Crippen LogP contribution in [0.25, 0.3) is 0 Å². The molecule has 18 heavy (non-hydrogen) atoms. The van der Waals surface area contributed by atoms with Crippen molar-refractivity contribution in [3.63, 3.8) is 0 Å². The van der Waals surface area contributed by atoms with Crippen LogP contribution in [0, 0.1) is 17.2 Å². The highest BCUT2D eigenvalue weighted by Gasteiger charge is 2.16. The first kappa shape index (κ1) is 12.9. The van der Waals surface area contributed by atoms with Gasteiger partial charge in [0.05, 0.1) is 19.3 Å². The number of methoxy groups -OCH3 is 1. The lowest BCUT2D eigenvalue weighted by atomic mass is 9.83. The number of rotatable bonds is 6. The highest BCUT2D eigenvalue weighted by molar-refractivity contribution is 5.45. The molecule has 1 aromatic rings. The minimum atomic E-state index is 0.565. The van der Waals surface area contributed by atoms with Crippen molar-refractivity contribution in [2.24, 2.45) is 5.92 Å². The molecule has 0 atom stereocenters. The molecule has 0 bridgehead atoms. The van der Waals surface area contributed by atoms with Crippen LogP contribution in [0.2, 0.25) is 0 Å². The Hall–Kier alpha value is -1.53. The van der Waals surface area contributed by atoms with Gasteiger partial charge in [-0.3, -0.25) is 0 Å². The Morgan fingerprint density at radius 1 is 1.39 bits per heavy atom. The Morgan fingerprint density at radius 2 is 2.22 bits per heavy atom. The minimum absolute atomic E-state index is 0.565. The smallest absolute Gasteiger partial charge is 0.136 e. The molecule has 3 heteroatoms. The Morgan fingerprint density at radius 3 is 2.83 bits per heavy atom. The summed E-state index contributed by atoms with van der Waals surface area (Å²) >= 11 is 0. The molecule has 0 unspecified atom stereocenters. The maximum atomic E-state index is 8.89. The molecule has 0 radical (unpaired) electrons. The topological polar surface area (TPSA) is 42.2 Å². The van der Waals surface area contributed by atoms with Crippen molar-refractivity contribution in [2.75, 3.05) is 13.7 Å². The van der Waals surface area contributed by atoms with Gasteiger partial charge in [0.1, 0.15) is 11.8 Å². The Labute approximate surface area is 108 Å². The van der Waals surface area contributed by atoms with Crippen molar-refractivity contribution in [3.8, 4) is 11.8 Å². The third kappa shape index (κ3) is 3.24. The predicted octanol–water partition coefficient (Wildman–Crippen LogP) is 3.27. The summed E-state index contributed by atoms with van der Waals surface area (Å²) in [6, 6.07) is 7.68. The Kier molecular flexibility index (Phi) is 4.60. The average Bonchev–Trinajstić information content (AvgIpc) is 2.36. The molecule has 0 amide bonds. The number of benzene rings is 1. The molecule has 2 rings (SSSR count). The summed E-state index contributed by atoms with van der Waals surface area (Å²) in [6.45, 7) is 1.42. The molecule has 0 saturated heterocycles. The number of hydrogen-bond donors (Lipinski definition) is 0. The highest BCUT2D eigenvalue weighted by Crippen LogP contribution is 2.29. The summed E-state index contributed by atoms with van der Waals surface area (Å²) in [5.74, 6) is 1.51. The van der Waals surface area contributed by atoms with Crippen LogP contribution in [-0.2, 0) is 11.3 Å². The van der Waals surface area contributed by atoms with Gasteiger partial charge >= 0.3 is 0 Å². The summed E-state index contributed by atoms with van der Waals surface area (Å²) in [4.78, 5) is 0. The summed E-state index contributed by atoms with van der Waals surface area (Å²) in [5, 5.41) is 8.89. The van der Waals surface area contributed by atoms with Gasteiger partial charge < -0.3 is 9.47 Å². The second-order valence-corrected chi connectivity index (χ2v) is 4.78. The molecule has 1 aromatic carbocycles. The van der Waals surface area contributed by atoms with E-state index < -0.39 is 0 Å². The van der Waals surface area contributed by atoms with Gasteiger partial charge in [0, 0.05) is 6.61 Å². The van der Waals surface area contributed by atoms with Crippen LogP contribution in [0.1, 0.15) is 36.8 Å². The number of hydrogen-bond acceptors (Lipinski definition) is 3. The van der Waals surface area contributed by atoms with E-state index >= 15 is 0 Å². The van der Waals surface area contributed by atoms with E-state index in [4.69, 9.17) is 14.7 Å². The van der Waals surface area contributed by atoms with Crippen molar-refractivity contribution < 1.29 is 9.47 Å². The molecule has 0 aromatic heterocycles. The van der Waals surface area contributed by atoms with E-state index in [0.29, 0.717) is 17.9 Å². The SMILES string of the molecule is COc1cc(COCCC2CCC2)ccc1C#N. The second-order valence-electron chi connectivity index (χ2n) is 4.78. The number of nitrogens with zero attached hydrogens (tertiary/aromatic N) is 1. The van der Waals surface area contributed by atoms with Gasteiger partial charge in [-0.25, -0.2) is 0 Å². The zero-order valence-corrected chi connectivity index (χ0v) is 10.8. The second kappa shape index (κ2) is 6.42. The van der Waals surface area contributed by atoms with E-state index in [1.807, 2.05) is 12.1 Å². The van der Waals surface area contributed by atoms with Crippen LogP contribution >= 0.6 is 0 Å². The molecule has 1 fully saturated rings. The van der Waals surface area contributed by atoms with Crippen LogP contribution in [0.3, 0.4) is 0 Å². The van der Waals surface area contributed by atoms with E-state index in [0.717, 1.165) is 18.1 Å². The molecular weight excluding hydrogens is 226 g/mol. The van der Waals surface area contributed by atoms with Gasteiger partial charge in [-0.05, 0) is 30.0 Å². The Bertz CT molecular complexity index is 433. The van der Waals surface area contributed by atoms with Crippen molar-refractivity contribution in [2.45, 2.75) is 32.3 Å². The zero-order chi connectivity index (χ0) is 12.8. The van der Waals surface area contributed by atoms with Gasteiger partial charge in [0.2, 0.25) is 0 Å². The van der Waals surface area contributed by atoms with E-state index in [9.17, 15) is 0 Å². The fourth-order valence-electron chi connectivity index (χ4n) is 2.14. The first-order valence-corrected chi connectivity index (χ1v) is 6.48. The fourth-order valence-corrected chi connectivity index (χ4v) is 2.14. The van der Waals surface area contributed by atoms with Crippen molar-refractivity contribution >= 4 is 0 Å². The van der Waals surface area contributed by atoms with Gasteiger partial charge in [0.25, 0.3) is 0 Å². The molecule has 1 aliphatic rings. The van der Waals surface area contributed by atoms with Crippen molar-refractivity contribution in [3.05, 3.63) is 29.3 Å². The average molecular weight is 245 g/mol. The lowest BCUT2D eigenvalue weighted by molar-refractivity contribution is 0.0949. The van der Waals surface area contributed by atoms with Gasteiger partial charge in [0.15, 0.2) is 0 Å². The fraction of sp³-hybridized carbons (Fsp3) is 0.533. The molecular formula is C15H19NO2. The first-order chi connectivity index (χ1) is 8.83. The summed E-state index contributed by atoms with van der Waals surface area (Å²) in [5.41, 5.74) is 1.62. The van der Waals surface area contributed by atoms with Crippen LogP contribution in [0.4, 0.5) is 0 Å². The maximum absolute atomic E-state index is 8.89. The van der Waals surface area contributed by atoms with Crippen molar-refractivity contribution in [1.29, 1.82) is 5.26 Å². The van der Waals surface area contributed by atoms with Gasteiger partial charge in [-0.1, -0.05) is 25.3 Å². The maximum Gasteiger partial charge on any atom is 0.136 e. The first-order valence-electron chi connectivity index (χ1n) is 6.48. The summed E-state index contributed by atoms with van der Waals surface area (Å²) in [6.07, 6.45) is 5.30. The van der Waals surface area contributed by atoms with Crippen LogP contribution < -0.4 is 4.74 Å². The summed E-state index contributed by atoms with van der Waals surface area (Å²) in [7, 11) is 1.58. The third-order valence-corrected chi connectivity index (χ3v) is 3.55. The van der Waals surface area contributed by atoms with E-state index in [2.05, 4.69) is 6.07 Å². The van der Waals surface area contributed by atoms with Gasteiger partial charge in [-0.15, -0.1) is 0 Å². The Balaban J connectivity index is 1.79. The molecule has 1 aliphatic carbocycles. The molecule has 0 aliphatic heterocycles. The quantitative estimate of drug-likeness (QED) is 0.722. The van der Waals surface area contributed by atoms with Crippen molar-refractivity contribution in [1.82, 2.24) is 0 Å². The molecule has 0 N–H and O–H groups in total. The standard InChI is InChI=1S/C15H19NO2/c1-17-15-9-13(5-6-14(15)10-16)11-18-8-7-12-3-2-4-12/h5-6,9,12H,2-4,7-8,11H2,1H3. The third-order valence-electron chi connectivity index (χ3n) is 3.55. The monoisotopic (exact) mass is 245 g/mol. The van der Waals surface area contributed by atoms with E-state index in [-0.39, 0.29) is 0 Å². The van der Waals surface area contributed by atoms with Crippen LogP contribution in [0.5, 0.6) is 5.75 Å². The largest absolute Gasteiger partial charge is 0.495 e. The minimum Gasteiger partial charge on any atom is -0.495 e. The molecule has 1 saturated carbocycles. The zero-order valence-electron chi connectivity index (χ0n) is 10.8. The van der Waals surface area contributed by atoms with Gasteiger partial charge in [-0.2, -0.15) is 5.26 Å².